The van der Waals surface area contributed by atoms with Crippen LogP contribution in [-0.4, -0.2) is 15.7 Å². The predicted octanol–water partition coefficient (Wildman–Crippen LogP) is 2.55. The SMILES string of the molecule is Cc1nc(CC(C)(O)CC2CC2)cs1. The highest BCUT2D eigenvalue weighted by atomic mass is 32.1. The fourth-order valence-corrected chi connectivity index (χ4v) is 2.51. The van der Waals surface area contributed by atoms with Gasteiger partial charge >= 0.3 is 0 Å². The zero-order valence-electron chi connectivity index (χ0n) is 8.79. The zero-order valence-corrected chi connectivity index (χ0v) is 9.60. The molecule has 1 fully saturated rings. The summed E-state index contributed by atoms with van der Waals surface area (Å²) in [5.41, 5.74) is 0.486. The first-order valence-electron chi connectivity index (χ1n) is 5.18. The molecule has 0 aromatic carbocycles. The molecule has 1 aromatic heterocycles. The molecule has 3 heteroatoms. The number of aliphatic hydroxyl groups is 1. The maximum atomic E-state index is 10.2. The van der Waals surface area contributed by atoms with E-state index in [0.29, 0.717) is 6.42 Å². The molecule has 1 aliphatic rings. The van der Waals surface area contributed by atoms with Gasteiger partial charge in [-0.15, -0.1) is 11.3 Å². The van der Waals surface area contributed by atoms with Crippen molar-refractivity contribution in [3.05, 3.63) is 16.1 Å². The first-order chi connectivity index (χ1) is 6.55. The summed E-state index contributed by atoms with van der Waals surface area (Å²) in [5.74, 6) is 0.768. The van der Waals surface area contributed by atoms with E-state index in [-0.39, 0.29) is 0 Å². The van der Waals surface area contributed by atoms with Crippen LogP contribution in [-0.2, 0) is 6.42 Å². The molecule has 78 valence electrons. The fourth-order valence-electron chi connectivity index (χ4n) is 1.90. The van der Waals surface area contributed by atoms with Crippen LogP contribution in [0, 0.1) is 12.8 Å². The van der Waals surface area contributed by atoms with Crippen LogP contribution in [0.1, 0.15) is 36.9 Å². The molecule has 0 amide bonds. The predicted molar refractivity (Wildman–Crippen MR) is 58.5 cm³/mol. The smallest absolute Gasteiger partial charge is 0.0897 e. The minimum atomic E-state index is -0.554. The summed E-state index contributed by atoms with van der Waals surface area (Å²) in [7, 11) is 0. The minimum absolute atomic E-state index is 0.554. The van der Waals surface area contributed by atoms with Gasteiger partial charge in [-0.2, -0.15) is 0 Å². The molecular formula is C11H17NOS. The van der Waals surface area contributed by atoms with Gasteiger partial charge in [-0.3, -0.25) is 0 Å². The minimum Gasteiger partial charge on any atom is -0.390 e. The molecule has 1 saturated carbocycles. The Balaban J connectivity index is 1.94. The standard InChI is InChI=1S/C11H17NOS/c1-8-12-10(7-14-8)6-11(2,13)5-9-3-4-9/h7,9,13H,3-6H2,1-2H3. The van der Waals surface area contributed by atoms with Gasteiger partial charge in [-0.05, 0) is 26.2 Å². The van der Waals surface area contributed by atoms with Crippen LogP contribution in [0.3, 0.4) is 0 Å². The summed E-state index contributed by atoms with van der Waals surface area (Å²) in [4.78, 5) is 4.38. The van der Waals surface area contributed by atoms with E-state index in [9.17, 15) is 5.11 Å². The first-order valence-corrected chi connectivity index (χ1v) is 6.06. The molecule has 2 nitrogen and oxygen atoms in total. The Bertz CT molecular complexity index is 315. The maximum Gasteiger partial charge on any atom is 0.0897 e. The lowest BCUT2D eigenvalue weighted by atomic mass is 9.94. The molecule has 0 saturated heterocycles. The Labute approximate surface area is 89.0 Å². The van der Waals surface area contributed by atoms with E-state index >= 15 is 0 Å². The van der Waals surface area contributed by atoms with Gasteiger partial charge in [0.1, 0.15) is 0 Å². The number of nitrogens with zero attached hydrogens (tertiary/aromatic N) is 1. The summed E-state index contributed by atoms with van der Waals surface area (Å²) >= 11 is 1.66. The van der Waals surface area contributed by atoms with E-state index in [1.807, 2.05) is 13.8 Å². The maximum absolute atomic E-state index is 10.2. The van der Waals surface area contributed by atoms with Gasteiger partial charge in [-0.1, -0.05) is 12.8 Å². The van der Waals surface area contributed by atoms with Crippen LogP contribution in [0.25, 0.3) is 0 Å². The lowest BCUT2D eigenvalue weighted by Crippen LogP contribution is -2.27. The Morgan fingerprint density at radius 2 is 2.36 bits per heavy atom. The number of rotatable bonds is 4. The molecule has 0 aliphatic heterocycles. The van der Waals surface area contributed by atoms with Crippen LogP contribution < -0.4 is 0 Å². The second kappa shape index (κ2) is 3.63. The quantitative estimate of drug-likeness (QED) is 0.830. The lowest BCUT2D eigenvalue weighted by molar-refractivity contribution is 0.0447. The van der Waals surface area contributed by atoms with Crippen LogP contribution >= 0.6 is 11.3 Å². The van der Waals surface area contributed by atoms with E-state index < -0.39 is 5.60 Å². The molecule has 1 aromatic rings. The van der Waals surface area contributed by atoms with Gasteiger partial charge < -0.3 is 5.11 Å². The average Bonchev–Trinajstić information content (AvgIpc) is 2.74. The second-order valence-electron chi connectivity index (χ2n) is 4.68. The molecule has 1 atom stereocenters. The molecule has 1 heterocycles. The number of aromatic nitrogens is 1. The van der Waals surface area contributed by atoms with Gasteiger partial charge in [0.2, 0.25) is 0 Å². The highest BCUT2D eigenvalue weighted by molar-refractivity contribution is 7.09. The summed E-state index contributed by atoms with van der Waals surface area (Å²) < 4.78 is 0. The molecule has 1 N–H and O–H groups in total. The van der Waals surface area contributed by atoms with Crippen molar-refractivity contribution < 1.29 is 5.11 Å². The Hall–Kier alpha value is -0.410. The van der Waals surface area contributed by atoms with Crippen molar-refractivity contribution >= 4 is 11.3 Å². The summed E-state index contributed by atoms with van der Waals surface area (Å²) in [6, 6.07) is 0. The molecule has 0 radical (unpaired) electrons. The van der Waals surface area contributed by atoms with Gasteiger partial charge in [0, 0.05) is 11.8 Å². The lowest BCUT2D eigenvalue weighted by Gasteiger charge is -2.21. The van der Waals surface area contributed by atoms with Crippen LogP contribution in [0.15, 0.2) is 5.38 Å². The molecule has 14 heavy (non-hydrogen) atoms. The van der Waals surface area contributed by atoms with Crippen molar-refractivity contribution in [3.8, 4) is 0 Å². The summed E-state index contributed by atoms with van der Waals surface area (Å²) in [6.07, 6.45) is 4.23. The highest BCUT2D eigenvalue weighted by Crippen LogP contribution is 2.37. The number of aryl methyl sites for hydroxylation is 1. The highest BCUT2D eigenvalue weighted by Gasteiger charge is 2.32. The zero-order chi connectivity index (χ0) is 10.2. The summed E-state index contributed by atoms with van der Waals surface area (Å²) in [5, 5.41) is 13.3. The Morgan fingerprint density at radius 3 is 2.86 bits per heavy atom. The normalized spacial score (nSPS) is 20.8. The topological polar surface area (TPSA) is 33.1 Å². The van der Waals surface area contributed by atoms with Gasteiger partial charge in [0.05, 0.1) is 16.3 Å². The third-order valence-corrected chi connectivity index (χ3v) is 3.48. The van der Waals surface area contributed by atoms with Crippen LogP contribution in [0.4, 0.5) is 0 Å². The van der Waals surface area contributed by atoms with E-state index in [2.05, 4.69) is 10.4 Å². The van der Waals surface area contributed by atoms with Crippen LogP contribution in [0.2, 0.25) is 0 Å². The van der Waals surface area contributed by atoms with Gasteiger partial charge in [0.15, 0.2) is 0 Å². The Kier molecular flexibility index (Phi) is 2.62. The van der Waals surface area contributed by atoms with Crippen LogP contribution in [0.5, 0.6) is 0 Å². The molecule has 0 bridgehead atoms. The molecule has 0 spiro atoms. The van der Waals surface area contributed by atoms with Crippen molar-refractivity contribution in [2.24, 2.45) is 5.92 Å². The molecule has 1 unspecified atom stereocenters. The first kappa shape index (κ1) is 10.1. The van der Waals surface area contributed by atoms with E-state index in [0.717, 1.165) is 23.0 Å². The number of hydrogen-bond acceptors (Lipinski definition) is 3. The number of hydrogen-bond donors (Lipinski definition) is 1. The van der Waals surface area contributed by atoms with Gasteiger partial charge in [-0.25, -0.2) is 4.98 Å². The van der Waals surface area contributed by atoms with Crippen molar-refractivity contribution in [2.75, 3.05) is 0 Å². The monoisotopic (exact) mass is 211 g/mol. The van der Waals surface area contributed by atoms with E-state index in [1.165, 1.54) is 12.8 Å². The van der Waals surface area contributed by atoms with Crippen molar-refractivity contribution in [1.82, 2.24) is 4.98 Å². The second-order valence-corrected chi connectivity index (χ2v) is 5.74. The van der Waals surface area contributed by atoms with Crippen molar-refractivity contribution in [3.63, 3.8) is 0 Å². The van der Waals surface area contributed by atoms with Gasteiger partial charge in [0.25, 0.3) is 0 Å². The average molecular weight is 211 g/mol. The third-order valence-electron chi connectivity index (χ3n) is 2.65. The number of thiazole rings is 1. The largest absolute Gasteiger partial charge is 0.390 e. The van der Waals surface area contributed by atoms with Crippen molar-refractivity contribution in [1.29, 1.82) is 0 Å². The molecule has 2 rings (SSSR count). The van der Waals surface area contributed by atoms with E-state index in [4.69, 9.17) is 0 Å². The fraction of sp³-hybridized carbons (Fsp3) is 0.727. The third kappa shape index (κ3) is 2.79. The van der Waals surface area contributed by atoms with Crippen molar-refractivity contribution in [2.45, 2.75) is 45.1 Å². The summed E-state index contributed by atoms with van der Waals surface area (Å²) in [6.45, 7) is 3.93. The molecule has 1 aliphatic carbocycles. The van der Waals surface area contributed by atoms with E-state index in [1.54, 1.807) is 11.3 Å². The molecular weight excluding hydrogens is 194 g/mol. The Morgan fingerprint density at radius 1 is 1.64 bits per heavy atom.